The van der Waals surface area contributed by atoms with Crippen molar-refractivity contribution in [3.63, 3.8) is 0 Å². The lowest BCUT2D eigenvalue weighted by Gasteiger charge is -2.23. The smallest absolute Gasteiger partial charge is 0.237 e. The topological polar surface area (TPSA) is 54.5 Å². The molecule has 0 radical (unpaired) electrons. The Labute approximate surface area is 150 Å². The van der Waals surface area contributed by atoms with E-state index in [-0.39, 0.29) is 35.7 Å². The van der Waals surface area contributed by atoms with Crippen LogP contribution in [-0.2, 0) is 19.8 Å². The average Bonchev–Trinajstić information content (AvgIpc) is 2.74. The molecule has 2 rings (SSSR count). The molecule has 4 nitrogen and oxygen atoms in total. The molecule has 0 bridgehead atoms. The Bertz CT molecular complexity index is 679. The maximum absolute atomic E-state index is 12.7. The number of rotatable bonds is 8. The zero-order valence-electron chi connectivity index (χ0n) is 16.0. The van der Waals surface area contributed by atoms with E-state index < -0.39 is 5.41 Å². The van der Waals surface area contributed by atoms with Gasteiger partial charge in [-0.05, 0) is 30.9 Å². The number of anilines is 1. The number of Topliss-reactive ketones (excluding diaryl/α,β-unsaturated/α-hetero) is 2. The first-order valence-corrected chi connectivity index (χ1v) is 9.09. The third-order valence-corrected chi connectivity index (χ3v) is 5.29. The molecule has 0 fully saturated rings. The van der Waals surface area contributed by atoms with E-state index in [1.807, 2.05) is 52.0 Å². The van der Waals surface area contributed by atoms with Gasteiger partial charge in [0.25, 0.3) is 0 Å². The number of carbonyl (C=O) groups excluding carboxylic acids is 3. The van der Waals surface area contributed by atoms with Gasteiger partial charge < -0.3 is 4.90 Å². The molecular weight excluding hydrogens is 314 g/mol. The van der Waals surface area contributed by atoms with Crippen molar-refractivity contribution in [1.82, 2.24) is 0 Å². The molecule has 0 aliphatic carbocycles. The normalized spacial score (nSPS) is 20.7. The molecule has 1 aliphatic rings. The van der Waals surface area contributed by atoms with Crippen LogP contribution in [-0.4, -0.2) is 24.5 Å². The molecule has 0 saturated carbocycles. The van der Waals surface area contributed by atoms with Crippen LogP contribution in [0.5, 0.6) is 0 Å². The second kappa shape index (κ2) is 7.51. The molecule has 0 N–H and O–H groups in total. The lowest BCUT2D eigenvalue weighted by Crippen LogP contribution is -2.38. The Morgan fingerprint density at radius 3 is 2.44 bits per heavy atom. The summed E-state index contributed by atoms with van der Waals surface area (Å²) in [5, 5.41) is 0. The first-order valence-electron chi connectivity index (χ1n) is 9.09. The van der Waals surface area contributed by atoms with Gasteiger partial charge in [0, 0.05) is 37.9 Å². The molecule has 0 saturated heterocycles. The van der Waals surface area contributed by atoms with E-state index in [1.54, 1.807) is 11.9 Å². The largest absolute Gasteiger partial charge is 0.314 e. The van der Waals surface area contributed by atoms with Gasteiger partial charge >= 0.3 is 0 Å². The minimum absolute atomic E-state index is 0.0234. The van der Waals surface area contributed by atoms with Crippen molar-refractivity contribution >= 4 is 23.2 Å². The van der Waals surface area contributed by atoms with E-state index in [1.165, 1.54) is 0 Å². The molecule has 4 heteroatoms. The van der Waals surface area contributed by atoms with E-state index in [4.69, 9.17) is 0 Å². The number of hydrogen-bond acceptors (Lipinski definition) is 3. The average molecular weight is 343 g/mol. The summed E-state index contributed by atoms with van der Waals surface area (Å²) in [6, 6.07) is 7.68. The van der Waals surface area contributed by atoms with Gasteiger partial charge in [0.05, 0.1) is 5.41 Å². The highest BCUT2D eigenvalue weighted by Gasteiger charge is 2.46. The number of likely N-dealkylation sites (N-methyl/N-ethyl adjacent to an activating group) is 1. The van der Waals surface area contributed by atoms with Crippen LogP contribution in [0.15, 0.2) is 24.3 Å². The maximum Gasteiger partial charge on any atom is 0.237 e. The van der Waals surface area contributed by atoms with E-state index >= 15 is 0 Å². The van der Waals surface area contributed by atoms with Crippen LogP contribution in [0.4, 0.5) is 5.69 Å². The zero-order valence-corrected chi connectivity index (χ0v) is 16.0. The molecule has 1 amide bonds. The van der Waals surface area contributed by atoms with Crippen molar-refractivity contribution in [2.75, 3.05) is 11.9 Å². The van der Waals surface area contributed by atoms with Crippen molar-refractivity contribution in [1.29, 1.82) is 0 Å². The first kappa shape index (κ1) is 19.4. The number of para-hydroxylation sites is 1. The summed E-state index contributed by atoms with van der Waals surface area (Å²) in [4.78, 5) is 38.7. The van der Waals surface area contributed by atoms with Gasteiger partial charge in [-0.3, -0.25) is 14.4 Å². The van der Waals surface area contributed by atoms with Crippen LogP contribution in [0.1, 0.15) is 58.9 Å². The molecule has 136 valence electrons. The molecule has 25 heavy (non-hydrogen) atoms. The van der Waals surface area contributed by atoms with E-state index in [0.717, 1.165) is 17.7 Å². The summed E-state index contributed by atoms with van der Waals surface area (Å²) in [6.45, 7) is 7.67. The number of fused-ring (bicyclic) bond motifs is 1. The fourth-order valence-corrected chi connectivity index (χ4v) is 3.63. The quantitative estimate of drug-likeness (QED) is 0.719. The number of ketones is 2. The molecule has 1 heterocycles. The van der Waals surface area contributed by atoms with Gasteiger partial charge in [0.1, 0.15) is 11.6 Å². The summed E-state index contributed by atoms with van der Waals surface area (Å²) >= 11 is 0. The molecular formula is C21H29NO3. The standard InChI is InChI=1S/C21H29NO3/c1-14(2)19(24)11-10-15(3)12-16(23)13-21(4)17-8-6-7-9-18(17)22(5)20(21)25/h6-9,14-15H,10-13H2,1-5H3/t15-,21?/m1/s1. The van der Waals surface area contributed by atoms with Crippen molar-refractivity contribution in [3.8, 4) is 0 Å². The van der Waals surface area contributed by atoms with Crippen LogP contribution >= 0.6 is 0 Å². The summed E-state index contributed by atoms with van der Waals surface area (Å²) in [7, 11) is 1.76. The number of nitrogens with zero attached hydrogens (tertiary/aromatic N) is 1. The van der Waals surface area contributed by atoms with Crippen molar-refractivity contribution in [2.24, 2.45) is 11.8 Å². The number of carbonyl (C=O) groups is 3. The van der Waals surface area contributed by atoms with Crippen LogP contribution < -0.4 is 4.90 Å². The van der Waals surface area contributed by atoms with E-state index in [9.17, 15) is 14.4 Å². The highest BCUT2D eigenvalue weighted by Crippen LogP contribution is 2.43. The van der Waals surface area contributed by atoms with Gasteiger partial charge in [0.2, 0.25) is 5.91 Å². The fraction of sp³-hybridized carbons (Fsp3) is 0.571. The summed E-state index contributed by atoms with van der Waals surface area (Å²) in [5.74, 6) is 0.510. The second-order valence-corrected chi connectivity index (χ2v) is 7.90. The van der Waals surface area contributed by atoms with Gasteiger partial charge in [-0.25, -0.2) is 0 Å². The molecule has 1 unspecified atom stereocenters. The van der Waals surface area contributed by atoms with Gasteiger partial charge in [-0.2, -0.15) is 0 Å². The van der Waals surface area contributed by atoms with Crippen LogP contribution in [0.3, 0.4) is 0 Å². The molecule has 0 aromatic heterocycles. The van der Waals surface area contributed by atoms with Gasteiger partial charge in [-0.15, -0.1) is 0 Å². The molecule has 1 aromatic carbocycles. The summed E-state index contributed by atoms with van der Waals surface area (Å²) in [6.07, 6.45) is 1.88. The molecule has 0 spiro atoms. The third-order valence-electron chi connectivity index (χ3n) is 5.29. The van der Waals surface area contributed by atoms with Crippen molar-refractivity contribution < 1.29 is 14.4 Å². The van der Waals surface area contributed by atoms with Crippen LogP contribution in [0, 0.1) is 11.8 Å². The SMILES string of the molecule is CC(C)C(=O)CC[C@@H](C)CC(=O)CC1(C)C(=O)N(C)c2ccccc21. The van der Waals surface area contributed by atoms with Crippen LogP contribution in [0.2, 0.25) is 0 Å². The monoisotopic (exact) mass is 343 g/mol. The predicted octanol–water partition coefficient (Wildman–Crippen LogP) is 3.91. The Hall–Kier alpha value is -1.97. The third kappa shape index (κ3) is 4.00. The van der Waals surface area contributed by atoms with Gasteiger partial charge in [0.15, 0.2) is 0 Å². The Morgan fingerprint density at radius 2 is 1.80 bits per heavy atom. The highest BCUT2D eigenvalue weighted by atomic mass is 16.2. The number of benzene rings is 1. The molecule has 1 aliphatic heterocycles. The van der Waals surface area contributed by atoms with E-state index in [0.29, 0.717) is 12.8 Å². The highest BCUT2D eigenvalue weighted by molar-refractivity contribution is 6.09. The Kier molecular flexibility index (Phi) is 5.81. The summed E-state index contributed by atoms with van der Waals surface area (Å²) in [5.41, 5.74) is 1.03. The lowest BCUT2D eigenvalue weighted by molar-refractivity contribution is -0.128. The maximum atomic E-state index is 12.7. The zero-order chi connectivity index (χ0) is 18.8. The van der Waals surface area contributed by atoms with Crippen LogP contribution in [0.25, 0.3) is 0 Å². The van der Waals surface area contributed by atoms with Crippen molar-refractivity contribution in [3.05, 3.63) is 29.8 Å². The lowest BCUT2D eigenvalue weighted by atomic mass is 9.78. The minimum atomic E-state index is -0.782. The Balaban J connectivity index is 2.00. The second-order valence-electron chi connectivity index (χ2n) is 7.90. The predicted molar refractivity (Wildman–Crippen MR) is 99.7 cm³/mol. The fourth-order valence-electron chi connectivity index (χ4n) is 3.63. The van der Waals surface area contributed by atoms with E-state index in [2.05, 4.69) is 0 Å². The molecule has 1 aromatic rings. The minimum Gasteiger partial charge on any atom is -0.314 e. The van der Waals surface area contributed by atoms with Crippen molar-refractivity contribution in [2.45, 2.75) is 58.8 Å². The number of amides is 1. The number of hydrogen-bond donors (Lipinski definition) is 0. The van der Waals surface area contributed by atoms with Gasteiger partial charge in [-0.1, -0.05) is 39.0 Å². The first-order chi connectivity index (χ1) is 11.7. The summed E-state index contributed by atoms with van der Waals surface area (Å²) < 4.78 is 0. The molecule has 2 atom stereocenters. The Morgan fingerprint density at radius 1 is 1.16 bits per heavy atom.